The van der Waals surface area contributed by atoms with E-state index in [0.717, 1.165) is 0 Å². The van der Waals surface area contributed by atoms with Crippen LogP contribution in [0.25, 0.3) is 0 Å². The van der Waals surface area contributed by atoms with E-state index in [2.05, 4.69) is 6.58 Å². The molecule has 21 heavy (non-hydrogen) atoms. The molecule has 0 aliphatic rings. The summed E-state index contributed by atoms with van der Waals surface area (Å²) >= 11 is 0. The summed E-state index contributed by atoms with van der Waals surface area (Å²) in [6.07, 6.45) is -8.70. The number of nitrogens with two attached hydrogens (primary N) is 1. The van der Waals surface area contributed by atoms with Gasteiger partial charge < -0.3 is 5.73 Å². The topological polar surface area (TPSA) is 26.0 Å². The molecule has 1 aromatic carbocycles. The average Bonchev–Trinajstić information content (AvgIpc) is 2.32. The van der Waals surface area contributed by atoms with E-state index in [-0.39, 0.29) is 25.0 Å². The number of rotatable bonds is 4. The minimum atomic E-state index is -5.14. The van der Waals surface area contributed by atoms with E-state index in [1.807, 2.05) is 0 Å². The van der Waals surface area contributed by atoms with Crippen LogP contribution in [0.2, 0.25) is 0 Å². The number of hydrogen-bond donors (Lipinski definition) is 1. The first-order valence-corrected chi connectivity index (χ1v) is 5.82. The molecule has 0 bridgehead atoms. The van der Waals surface area contributed by atoms with E-state index in [1.165, 1.54) is 6.08 Å². The van der Waals surface area contributed by atoms with Crippen LogP contribution in [0.15, 0.2) is 24.8 Å². The van der Waals surface area contributed by atoms with Crippen molar-refractivity contribution in [3.8, 4) is 0 Å². The van der Waals surface area contributed by atoms with Crippen molar-refractivity contribution in [2.45, 2.75) is 31.2 Å². The zero-order valence-electron chi connectivity index (χ0n) is 10.7. The van der Waals surface area contributed by atoms with Crippen molar-refractivity contribution in [1.82, 2.24) is 0 Å². The Morgan fingerprint density at radius 2 is 1.67 bits per heavy atom. The number of hydrogen-bond acceptors (Lipinski definition) is 1. The van der Waals surface area contributed by atoms with Gasteiger partial charge in [0, 0.05) is 11.6 Å². The van der Waals surface area contributed by atoms with Gasteiger partial charge in [0.05, 0.1) is 11.1 Å². The summed E-state index contributed by atoms with van der Waals surface area (Å²) in [6.45, 7) is 3.35. The summed E-state index contributed by atoms with van der Waals surface area (Å²) in [6, 6.07) is -1.47. The third-order valence-electron chi connectivity index (χ3n) is 2.81. The van der Waals surface area contributed by atoms with Gasteiger partial charge >= 0.3 is 12.4 Å². The molecule has 0 saturated carbocycles. The summed E-state index contributed by atoms with van der Waals surface area (Å²) < 4.78 is 89.8. The van der Waals surface area contributed by atoms with Gasteiger partial charge in [0.1, 0.15) is 5.82 Å². The molecule has 1 nitrogen and oxygen atoms in total. The normalized spacial score (nSPS) is 14.1. The van der Waals surface area contributed by atoms with Crippen LogP contribution in [-0.2, 0) is 12.4 Å². The highest BCUT2D eigenvalue weighted by atomic mass is 19.4. The van der Waals surface area contributed by atoms with Gasteiger partial charge in [-0.15, -0.1) is 6.58 Å². The lowest BCUT2D eigenvalue weighted by atomic mass is 9.94. The molecule has 0 fully saturated rings. The zero-order chi connectivity index (χ0) is 16.4. The summed E-state index contributed by atoms with van der Waals surface area (Å²) in [5, 5.41) is 0. The molecule has 1 atom stereocenters. The van der Waals surface area contributed by atoms with Crippen LogP contribution < -0.4 is 5.73 Å². The Hall–Kier alpha value is -1.57. The fraction of sp³-hybridized carbons (Fsp3) is 0.385. The molecule has 0 aromatic heterocycles. The van der Waals surface area contributed by atoms with Gasteiger partial charge in [0.25, 0.3) is 0 Å². The first kappa shape index (κ1) is 17.5. The highest BCUT2D eigenvalue weighted by Crippen LogP contribution is 2.40. The molecule has 2 N–H and O–H groups in total. The van der Waals surface area contributed by atoms with E-state index in [0.29, 0.717) is 0 Å². The molecule has 0 aliphatic heterocycles. The molecule has 0 radical (unpaired) electrons. The Balaban J connectivity index is 3.45. The van der Waals surface area contributed by atoms with Gasteiger partial charge in [-0.2, -0.15) is 26.3 Å². The lowest BCUT2D eigenvalue weighted by Crippen LogP contribution is -2.21. The average molecular weight is 315 g/mol. The molecule has 0 saturated heterocycles. The van der Waals surface area contributed by atoms with Crippen molar-refractivity contribution >= 4 is 0 Å². The summed E-state index contributed by atoms with van der Waals surface area (Å²) in [7, 11) is 0. The van der Waals surface area contributed by atoms with Crippen molar-refractivity contribution in [2.75, 3.05) is 0 Å². The van der Waals surface area contributed by atoms with E-state index in [9.17, 15) is 30.7 Å². The van der Waals surface area contributed by atoms with Gasteiger partial charge in [0.15, 0.2) is 0 Å². The van der Waals surface area contributed by atoms with Crippen LogP contribution >= 0.6 is 0 Å². The molecular formula is C13H12F7N. The molecule has 118 valence electrons. The van der Waals surface area contributed by atoms with Crippen LogP contribution in [0.5, 0.6) is 0 Å². The van der Waals surface area contributed by atoms with Crippen LogP contribution in [0.1, 0.15) is 35.6 Å². The zero-order valence-corrected chi connectivity index (χ0v) is 10.7. The number of allylic oxidation sites excluding steroid dienone is 1. The third kappa shape index (κ3) is 4.20. The maximum Gasteiger partial charge on any atom is 0.416 e. The first-order valence-electron chi connectivity index (χ1n) is 5.82. The van der Waals surface area contributed by atoms with Crippen molar-refractivity contribution in [3.05, 3.63) is 47.3 Å². The van der Waals surface area contributed by atoms with Crippen molar-refractivity contribution in [2.24, 2.45) is 5.73 Å². The van der Waals surface area contributed by atoms with Crippen LogP contribution in [0, 0.1) is 5.82 Å². The van der Waals surface area contributed by atoms with Gasteiger partial charge in [-0.25, -0.2) is 4.39 Å². The molecule has 0 amide bonds. The molecule has 1 aromatic rings. The second-order valence-electron chi connectivity index (χ2n) is 4.39. The number of halogens is 7. The largest absolute Gasteiger partial charge is 0.416 e. The minimum absolute atomic E-state index is 0.0261. The summed E-state index contributed by atoms with van der Waals surface area (Å²) in [5.41, 5.74) is 1.10. The lowest BCUT2D eigenvalue weighted by molar-refractivity contribution is -0.144. The van der Waals surface area contributed by atoms with Crippen molar-refractivity contribution in [3.63, 3.8) is 0 Å². The van der Waals surface area contributed by atoms with Crippen LogP contribution in [0.4, 0.5) is 30.7 Å². The molecule has 0 spiro atoms. The first-order chi connectivity index (χ1) is 9.48. The minimum Gasteiger partial charge on any atom is -0.324 e. The highest BCUT2D eigenvalue weighted by Gasteiger charge is 2.40. The van der Waals surface area contributed by atoms with E-state index in [4.69, 9.17) is 5.73 Å². The van der Waals surface area contributed by atoms with Crippen LogP contribution in [-0.4, -0.2) is 0 Å². The van der Waals surface area contributed by atoms with Gasteiger partial charge in [-0.05, 0) is 25.0 Å². The standard InChI is InChI=1S/C13H12F7N/c1-2-3-4-10(21)11-8(13(18,19)20)5-7(6-9(11)14)12(15,16)17/h2,5-6,10H,1,3-4,21H2/t10-/m0/s1. The van der Waals surface area contributed by atoms with Crippen molar-refractivity contribution in [1.29, 1.82) is 0 Å². The molecule has 0 heterocycles. The second kappa shape index (κ2) is 6.05. The monoisotopic (exact) mass is 315 g/mol. The van der Waals surface area contributed by atoms with E-state index in [1.54, 1.807) is 0 Å². The smallest absolute Gasteiger partial charge is 0.324 e. The molecule has 1 rings (SSSR count). The number of benzene rings is 1. The third-order valence-corrected chi connectivity index (χ3v) is 2.81. The predicted molar refractivity (Wildman–Crippen MR) is 62.8 cm³/mol. The SMILES string of the molecule is C=CCC[C@H](N)c1c(F)cc(C(F)(F)F)cc1C(F)(F)F. The lowest BCUT2D eigenvalue weighted by Gasteiger charge is -2.20. The van der Waals surface area contributed by atoms with Gasteiger partial charge in [0.2, 0.25) is 0 Å². The van der Waals surface area contributed by atoms with Crippen LogP contribution in [0.3, 0.4) is 0 Å². The predicted octanol–water partition coefficient (Wildman–Crippen LogP) is 4.83. The fourth-order valence-corrected chi connectivity index (χ4v) is 1.83. The van der Waals surface area contributed by atoms with Gasteiger partial charge in [-0.1, -0.05) is 6.08 Å². The highest BCUT2D eigenvalue weighted by molar-refractivity contribution is 5.38. The maximum atomic E-state index is 13.7. The molecule has 0 aliphatic carbocycles. The summed E-state index contributed by atoms with van der Waals surface area (Å²) in [4.78, 5) is 0. The quantitative estimate of drug-likeness (QED) is 0.625. The maximum absolute atomic E-state index is 13.7. The fourth-order valence-electron chi connectivity index (χ4n) is 1.83. The Bertz CT molecular complexity index is 516. The number of alkyl halides is 6. The Labute approximate surface area is 116 Å². The molecule has 0 unspecified atom stereocenters. The second-order valence-corrected chi connectivity index (χ2v) is 4.39. The Morgan fingerprint density at radius 3 is 2.10 bits per heavy atom. The molecule has 8 heteroatoms. The molecular weight excluding hydrogens is 303 g/mol. The summed E-state index contributed by atoms with van der Waals surface area (Å²) in [5.74, 6) is -1.62. The Kier molecular flexibility index (Phi) is 5.03. The van der Waals surface area contributed by atoms with E-state index >= 15 is 0 Å². The Morgan fingerprint density at radius 1 is 1.10 bits per heavy atom. The van der Waals surface area contributed by atoms with Gasteiger partial charge in [-0.3, -0.25) is 0 Å². The van der Waals surface area contributed by atoms with E-state index < -0.39 is 40.9 Å². The van der Waals surface area contributed by atoms with Crippen molar-refractivity contribution < 1.29 is 30.7 Å².